The molecule has 0 aliphatic heterocycles. The van der Waals surface area contributed by atoms with Crippen molar-refractivity contribution in [3.8, 4) is 0 Å². The molecule has 2 aromatic heterocycles. The quantitative estimate of drug-likeness (QED) is 0.728. The SMILES string of the molecule is CSc1nc2ccc(NC(=O)c3cccc(=O)[nH]3)cc2s1. The van der Waals surface area contributed by atoms with Crippen LogP contribution in [0.15, 0.2) is 45.5 Å². The number of benzene rings is 1. The molecule has 0 saturated heterocycles. The van der Waals surface area contributed by atoms with Crippen LogP contribution in [0.3, 0.4) is 0 Å². The molecule has 0 spiro atoms. The molecule has 0 aliphatic carbocycles. The highest BCUT2D eigenvalue weighted by atomic mass is 32.2. The third-order valence-electron chi connectivity index (χ3n) is 2.81. The van der Waals surface area contributed by atoms with Crippen molar-refractivity contribution >= 4 is 44.9 Å². The lowest BCUT2D eigenvalue weighted by atomic mass is 10.2. The highest BCUT2D eigenvalue weighted by molar-refractivity contribution is 8.00. The number of nitrogens with zero attached hydrogens (tertiary/aromatic N) is 1. The molecule has 0 radical (unpaired) electrons. The predicted octanol–water partition coefficient (Wildman–Crippen LogP) is 2.96. The number of carbonyl (C=O) groups is 1. The van der Waals surface area contributed by atoms with Gasteiger partial charge in [-0.25, -0.2) is 4.98 Å². The van der Waals surface area contributed by atoms with Crippen LogP contribution in [-0.4, -0.2) is 22.1 Å². The zero-order valence-corrected chi connectivity index (χ0v) is 12.7. The number of thioether (sulfide) groups is 1. The number of hydrogen-bond acceptors (Lipinski definition) is 5. The first-order chi connectivity index (χ1) is 10.2. The van der Waals surface area contributed by atoms with Gasteiger partial charge in [-0.2, -0.15) is 0 Å². The summed E-state index contributed by atoms with van der Waals surface area (Å²) in [6, 6.07) is 10.0. The maximum atomic E-state index is 12.1. The first-order valence-corrected chi connectivity index (χ1v) is 8.15. The van der Waals surface area contributed by atoms with Crippen molar-refractivity contribution in [3.05, 3.63) is 52.4 Å². The van der Waals surface area contributed by atoms with Gasteiger partial charge in [-0.15, -0.1) is 11.3 Å². The zero-order valence-electron chi connectivity index (χ0n) is 11.0. The van der Waals surface area contributed by atoms with Crippen LogP contribution in [0.25, 0.3) is 10.2 Å². The van der Waals surface area contributed by atoms with Crippen LogP contribution >= 0.6 is 23.1 Å². The second kappa shape index (κ2) is 5.71. The number of nitrogens with one attached hydrogen (secondary N) is 2. The Morgan fingerprint density at radius 1 is 1.33 bits per heavy atom. The minimum Gasteiger partial charge on any atom is -0.321 e. The number of thiazole rings is 1. The second-order valence-electron chi connectivity index (χ2n) is 4.25. The molecular formula is C14H11N3O2S2. The van der Waals surface area contributed by atoms with E-state index in [-0.39, 0.29) is 17.2 Å². The molecule has 3 aromatic rings. The molecule has 0 unspecified atom stereocenters. The molecule has 5 nitrogen and oxygen atoms in total. The lowest BCUT2D eigenvalue weighted by Gasteiger charge is -2.04. The van der Waals surface area contributed by atoms with E-state index < -0.39 is 0 Å². The van der Waals surface area contributed by atoms with Crippen LogP contribution in [0.1, 0.15) is 10.5 Å². The fraction of sp³-hybridized carbons (Fsp3) is 0.0714. The molecule has 2 heterocycles. The van der Waals surface area contributed by atoms with Crippen LogP contribution in [0.2, 0.25) is 0 Å². The maximum absolute atomic E-state index is 12.1. The zero-order chi connectivity index (χ0) is 14.8. The fourth-order valence-corrected chi connectivity index (χ4v) is 3.38. The van der Waals surface area contributed by atoms with Gasteiger partial charge in [0.05, 0.1) is 10.2 Å². The number of hydrogen-bond donors (Lipinski definition) is 2. The van der Waals surface area contributed by atoms with Gasteiger partial charge in [-0.3, -0.25) is 9.59 Å². The van der Waals surface area contributed by atoms with Gasteiger partial charge >= 0.3 is 0 Å². The second-order valence-corrected chi connectivity index (χ2v) is 6.33. The molecule has 0 bridgehead atoms. The van der Waals surface area contributed by atoms with Gasteiger partial charge in [0.2, 0.25) is 5.56 Å². The first-order valence-electron chi connectivity index (χ1n) is 6.11. The Morgan fingerprint density at radius 3 is 2.95 bits per heavy atom. The van der Waals surface area contributed by atoms with Crippen molar-refractivity contribution in [3.63, 3.8) is 0 Å². The van der Waals surface area contributed by atoms with Crippen molar-refractivity contribution in [2.75, 3.05) is 11.6 Å². The van der Waals surface area contributed by atoms with Gasteiger partial charge in [0.25, 0.3) is 5.91 Å². The van der Waals surface area contributed by atoms with Crippen molar-refractivity contribution in [2.45, 2.75) is 4.34 Å². The van der Waals surface area contributed by atoms with E-state index in [0.29, 0.717) is 5.69 Å². The van der Waals surface area contributed by atoms with E-state index in [9.17, 15) is 9.59 Å². The van der Waals surface area contributed by atoms with Gasteiger partial charge in [-0.05, 0) is 30.5 Å². The van der Waals surface area contributed by atoms with Gasteiger partial charge < -0.3 is 10.3 Å². The number of amides is 1. The van der Waals surface area contributed by atoms with E-state index in [2.05, 4.69) is 15.3 Å². The Morgan fingerprint density at radius 2 is 2.19 bits per heavy atom. The number of H-pyrrole nitrogens is 1. The summed E-state index contributed by atoms with van der Waals surface area (Å²) in [6.07, 6.45) is 1.98. The van der Waals surface area contributed by atoms with Crippen LogP contribution in [0.4, 0.5) is 5.69 Å². The molecule has 7 heteroatoms. The summed E-state index contributed by atoms with van der Waals surface area (Å²) in [5.41, 5.74) is 1.52. The van der Waals surface area contributed by atoms with E-state index in [0.717, 1.165) is 14.6 Å². The summed E-state index contributed by atoms with van der Waals surface area (Å²) in [4.78, 5) is 30.2. The molecule has 0 saturated carbocycles. The Bertz CT molecular complexity index is 870. The van der Waals surface area contributed by atoms with Crippen LogP contribution in [0, 0.1) is 0 Å². The molecule has 106 valence electrons. The predicted molar refractivity (Wildman–Crippen MR) is 86.4 cm³/mol. The minimum atomic E-state index is -0.346. The van der Waals surface area contributed by atoms with Gasteiger partial charge in [0.1, 0.15) is 5.69 Å². The third kappa shape index (κ3) is 2.98. The smallest absolute Gasteiger partial charge is 0.272 e. The monoisotopic (exact) mass is 317 g/mol. The van der Waals surface area contributed by atoms with E-state index in [4.69, 9.17) is 0 Å². The van der Waals surface area contributed by atoms with Crippen molar-refractivity contribution in [1.82, 2.24) is 9.97 Å². The summed E-state index contributed by atoms with van der Waals surface area (Å²) >= 11 is 3.17. The molecule has 0 aliphatic rings. The first kappa shape index (κ1) is 13.8. The molecule has 3 rings (SSSR count). The molecule has 0 fully saturated rings. The van der Waals surface area contributed by atoms with Crippen molar-refractivity contribution in [1.29, 1.82) is 0 Å². The highest BCUT2D eigenvalue weighted by Crippen LogP contribution is 2.29. The van der Waals surface area contributed by atoms with Crippen molar-refractivity contribution in [2.24, 2.45) is 0 Å². The minimum absolute atomic E-state index is 0.233. The molecule has 1 amide bonds. The summed E-state index contributed by atoms with van der Waals surface area (Å²) < 4.78 is 2.00. The number of carbonyl (C=O) groups excluding carboxylic acids is 1. The average Bonchev–Trinajstić information content (AvgIpc) is 2.89. The number of pyridine rings is 1. The van der Waals surface area contributed by atoms with Gasteiger partial charge in [0, 0.05) is 11.8 Å². The van der Waals surface area contributed by atoms with Crippen LogP contribution in [-0.2, 0) is 0 Å². The van der Waals surface area contributed by atoms with Crippen LogP contribution < -0.4 is 10.9 Å². The van der Waals surface area contributed by atoms with E-state index in [1.165, 1.54) is 6.07 Å². The fourth-order valence-electron chi connectivity index (χ4n) is 1.85. The summed E-state index contributed by atoms with van der Waals surface area (Å²) in [5, 5.41) is 2.77. The Kier molecular flexibility index (Phi) is 3.76. The lowest BCUT2D eigenvalue weighted by Crippen LogP contribution is -2.17. The molecular weight excluding hydrogens is 306 g/mol. The number of aromatic nitrogens is 2. The molecule has 21 heavy (non-hydrogen) atoms. The largest absolute Gasteiger partial charge is 0.321 e. The van der Waals surface area contributed by atoms with Crippen molar-refractivity contribution < 1.29 is 4.79 Å². The normalized spacial score (nSPS) is 10.7. The Labute approximate surface area is 128 Å². The molecule has 1 aromatic carbocycles. The number of rotatable bonds is 3. The Hall–Kier alpha value is -2.12. The topological polar surface area (TPSA) is 74.8 Å². The molecule has 0 atom stereocenters. The lowest BCUT2D eigenvalue weighted by molar-refractivity contribution is 0.102. The number of anilines is 1. The highest BCUT2D eigenvalue weighted by Gasteiger charge is 2.08. The maximum Gasteiger partial charge on any atom is 0.272 e. The Balaban J connectivity index is 1.87. The standard InChI is InChI=1S/C14H11N3O2S2/c1-20-14-17-9-6-5-8(7-11(9)21-14)15-13(19)10-3-2-4-12(18)16-10/h2-7H,1H3,(H,15,19)(H,16,18). The molecule has 2 N–H and O–H groups in total. The van der Waals surface area contributed by atoms with Gasteiger partial charge in [0.15, 0.2) is 4.34 Å². The third-order valence-corrected chi connectivity index (χ3v) is 4.82. The summed E-state index contributed by atoms with van der Waals surface area (Å²) in [7, 11) is 0. The number of fused-ring (bicyclic) bond motifs is 1. The van der Waals surface area contributed by atoms with Crippen LogP contribution in [0.5, 0.6) is 0 Å². The van der Waals surface area contributed by atoms with Gasteiger partial charge in [-0.1, -0.05) is 17.8 Å². The van der Waals surface area contributed by atoms with E-state index >= 15 is 0 Å². The average molecular weight is 317 g/mol. The van der Waals surface area contributed by atoms with E-state index in [1.54, 1.807) is 41.3 Å². The van der Waals surface area contributed by atoms with E-state index in [1.807, 2.05) is 18.4 Å². The summed E-state index contributed by atoms with van der Waals surface area (Å²) in [5.74, 6) is -0.346. The number of aromatic amines is 1. The summed E-state index contributed by atoms with van der Waals surface area (Å²) in [6.45, 7) is 0.